The molecule has 0 saturated carbocycles. The summed E-state index contributed by atoms with van der Waals surface area (Å²) in [6.45, 7) is 2.07. The lowest BCUT2D eigenvalue weighted by molar-refractivity contribution is 1.22. The molecule has 1 atom stereocenters. The maximum absolute atomic E-state index is 6.30. The second-order valence-electron chi connectivity index (χ2n) is 4.93. The Morgan fingerprint density at radius 1 is 1.10 bits per heavy atom. The van der Waals surface area contributed by atoms with Gasteiger partial charge in [0.25, 0.3) is 0 Å². The molecule has 21 heavy (non-hydrogen) atoms. The van der Waals surface area contributed by atoms with Gasteiger partial charge >= 0.3 is 0 Å². The number of rotatable bonds is 2. The molecule has 1 heterocycles. The van der Waals surface area contributed by atoms with Crippen LogP contribution in [0, 0.1) is 6.92 Å². The predicted molar refractivity (Wildman–Crippen MR) is 92.6 cm³/mol. The monoisotopic (exact) mass is 314 g/mol. The van der Waals surface area contributed by atoms with Crippen LogP contribution in [0.5, 0.6) is 0 Å². The number of benzene rings is 2. The second kappa shape index (κ2) is 5.96. The second-order valence-corrected chi connectivity index (χ2v) is 6.50. The van der Waals surface area contributed by atoms with E-state index in [4.69, 9.17) is 17.3 Å². The van der Waals surface area contributed by atoms with Crippen LogP contribution < -0.4 is 5.73 Å². The number of thioether (sulfide) groups is 1. The van der Waals surface area contributed by atoms with E-state index in [-0.39, 0.29) is 5.25 Å². The van der Waals surface area contributed by atoms with Gasteiger partial charge in [-0.3, -0.25) is 0 Å². The molecule has 0 aliphatic carbocycles. The minimum Gasteiger partial charge on any atom is -0.378 e. The van der Waals surface area contributed by atoms with Crippen molar-refractivity contribution in [1.29, 1.82) is 0 Å². The smallest absolute Gasteiger partial charge is 0.160 e. The minimum atomic E-state index is 0.0903. The zero-order valence-electron chi connectivity index (χ0n) is 11.6. The standard InChI is InChI=1S/C17H15ClN2S/c1-11-6-8-12(9-7-11)15-10-16(21-17(19)20-15)13-4-2-3-5-14(13)18/h2-10,16H,1H3,(H2,19,20). The first-order valence-corrected chi connectivity index (χ1v) is 7.93. The van der Waals surface area contributed by atoms with E-state index < -0.39 is 0 Å². The summed E-state index contributed by atoms with van der Waals surface area (Å²) in [6, 6.07) is 16.1. The fourth-order valence-electron chi connectivity index (χ4n) is 2.23. The maximum Gasteiger partial charge on any atom is 0.160 e. The molecular formula is C17H15ClN2S. The highest BCUT2D eigenvalue weighted by Crippen LogP contribution is 2.40. The van der Waals surface area contributed by atoms with E-state index in [0.717, 1.165) is 21.8 Å². The number of halogens is 1. The van der Waals surface area contributed by atoms with Crippen LogP contribution in [0.1, 0.15) is 21.9 Å². The van der Waals surface area contributed by atoms with Crippen molar-refractivity contribution >= 4 is 34.2 Å². The fourth-order valence-corrected chi connectivity index (χ4v) is 3.49. The largest absolute Gasteiger partial charge is 0.378 e. The first kappa shape index (κ1) is 14.2. The van der Waals surface area contributed by atoms with Crippen molar-refractivity contribution in [3.8, 4) is 0 Å². The number of hydrogen-bond donors (Lipinski definition) is 1. The van der Waals surface area contributed by atoms with Crippen molar-refractivity contribution in [2.45, 2.75) is 12.2 Å². The third-order valence-corrected chi connectivity index (χ3v) is 4.67. The highest BCUT2D eigenvalue weighted by atomic mass is 35.5. The zero-order valence-corrected chi connectivity index (χ0v) is 13.2. The van der Waals surface area contributed by atoms with Crippen molar-refractivity contribution in [1.82, 2.24) is 0 Å². The molecule has 2 aromatic rings. The highest BCUT2D eigenvalue weighted by molar-refractivity contribution is 8.14. The van der Waals surface area contributed by atoms with Crippen LogP contribution in [-0.2, 0) is 0 Å². The highest BCUT2D eigenvalue weighted by Gasteiger charge is 2.20. The maximum atomic E-state index is 6.30. The summed E-state index contributed by atoms with van der Waals surface area (Å²) in [5, 5.41) is 1.41. The van der Waals surface area contributed by atoms with Gasteiger partial charge in [0.2, 0.25) is 0 Å². The van der Waals surface area contributed by atoms with Gasteiger partial charge in [-0.15, -0.1) is 0 Å². The van der Waals surface area contributed by atoms with Crippen molar-refractivity contribution in [2.75, 3.05) is 0 Å². The fraction of sp³-hybridized carbons (Fsp3) is 0.118. The lowest BCUT2D eigenvalue weighted by atomic mass is 10.1. The van der Waals surface area contributed by atoms with Crippen LogP contribution in [0.4, 0.5) is 0 Å². The summed E-state index contributed by atoms with van der Waals surface area (Å²) >= 11 is 7.82. The Hall–Kier alpha value is -1.71. The summed E-state index contributed by atoms with van der Waals surface area (Å²) in [6.07, 6.45) is 2.12. The lowest BCUT2D eigenvalue weighted by Gasteiger charge is -2.19. The molecule has 106 valence electrons. The lowest BCUT2D eigenvalue weighted by Crippen LogP contribution is -2.13. The molecule has 0 fully saturated rings. The molecule has 2 aromatic carbocycles. The Labute approximate surface area is 133 Å². The molecule has 0 spiro atoms. The van der Waals surface area contributed by atoms with Crippen LogP contribution in [-0.4, -0.2) is 5.17 Å². The third-order valence-electron chi connectivity index (χ3n) is 3.35. The predicted octanol–water partition coefficient (Wildman–Crippen LogP) is 4.79. The Morgan fingerprint density at radius 2 is 1.81 bits per heavy atom. The first-order valence-electron chi connectivity index (χ1n) is 6.67. The zero-order chi connectivity index (χ0) is 14.8. The van der Waals surface area contributed by atoms with Crippen molar-refractivity contribution < 1.29 is 0 Å². The number of aliphatic imine (C=N–C) groups is 1. The quantitative estimate of drug-likeness (QED) is 0.865. The Bertz CT molecular complexity index is 720. The van der Waals surface area contributed by atoms with Gasteiger partial charge in [-0.2, -0.15) is 0 Å². The van der Waals surface area contributed by atoms with E-state index in [1.165, 1.54) is 17.3 Å². The minimum absolute atomic E-state index is 0.0903. The molecule has 0 amide bonds. The van der Waals surface area contributed by atoms with Crippen molar-refractivity contribution in [3.63, 3.8) is 0 Å². The number of hydrogen-bond acceptors (Lipinski definition) is 3. The molecular weight excluding hydrogens is 300 g/mol. The average molecular weight is 315 g/mol. The molecule has 3 rings (SSSR count). The summed E-state index contributed by atoms with van der Waals surface area (Å²) in [5.74, 6) is 0. The van der Waals surface area contributed by atoms with Gasteiger partial charge in [-0.25, -0.2) is 4.99 Å². The van der Waals surface area contributed by atoms with Crippen LogP contribution in [0.15, 0.2) is 59.6 Å². The van der Waals surface area contributed by atoms with Gasteiger partial charge in [0, 0.05) is 5.02 Å². The van der Waals surface area contributed by atoms with E-state index in [9.17, 15) is 0 Å². The van der Waals surface area contributed by atoms with E-state index >= 15 is 0 Å². The third kappa shape index (κ3) is 3.14. The Balaban J connectivity index is 2.00. The molecule has 2 N–H and O–H groups in total. The molecule has 0 aromatic heterocycles. The molecule has 0 radical (unpaired) electrons. The number of nitrogens with zero attached hydrogens (tertiary/aromatic N) is 1. The van der Waals surface area contributed by atoms with E-state index in [0.29, 0.717) is 5.17 Å². The summed E-state index contributed by atoms with van der Waals surface area (Å²) < 4.78 is 0. The Kier molecular flexibility index (Phi) is 4.04. The van der Waals surface area contributed by atoms with E-state index in [1.807, 2.05) is 24.3 Å². The van der Waals surface area contributed by atoms with Crippen LogP contribution in [0.2, 0.25) is 5.02 Å². The molecule has 1 aliphatic rings. The number of nitrogens with two attached hydrogens (primary N) is 1. The van der Waals surface area contributed by atoms with Gasteiger partial charge in [-0.1, -0.05) is 71.4 Å². The molecule has 1 aliphatic heterocycles. The summed E-state index contributed by atoms with van der Waals surface area (Å²) in [5.41, 5.74) is 10.3. The molecule has 4 heteroatoms. The van der Waals surface area contributed by atoms with Gasteiger partial charge < -0.3 is 5.73 Å². The van der Waals surface area contributed by atoms with E-state index in [2.05, 4.69) is 42.3 Å². The average Bonchev–Trinajstić information content (AvgIpc) is 2.48. The molecule has 0 bridgehead atoms. The summed E-state index contributed by atoms with van der Waals surface area (Å²) in [7, 11) is 0. The summed E-state index contributed by atoms with van der Waals surface area (Å²) in [4.78, 5) is 4.46. The SMILES string of the molecule is Cc1ccc(C2=CC(c3ccccc3Cl)SC(N)=N2)cc1. The van der Waals surface area contributed by atoms with Gasteiger partial charge in [0.05, 0.1) is 10.9 Å². The first-order chi connectivity index (χ1) is 10.1. The van der Waals surface area contributed by atoms with Crippen molar-refractivity contribution in [2.24, 2.45) is 10.7 Å². The molecule has 1 unspecified atom stereocenters. The van der Waals surface area contributed by atoms with Gasteiger partial charge in [0.1, 0.15) is 0 Å². The van der Waals surface area contributed by atoms with Gasteiger partial charge in [-0.05, 0) is 30.2 Å². The van der Waals surface area contributed by atoms with Gasteiger partial charge in [0.15, 0.2) is 5.17 Å². The normalized spacial score (nSPS) is 18.1. The van der Waals surface area contributed by atoms with Crippen LogP contribution in [0.3, 0.4) is 0 Å². The molecule has 2 nitrogen and oxygen atoms in total. The topological polar surface area (TPSA) is 38.4 Å². The van der Waals surface area contributed by atoms with Crippen LogP contribution in [0.25, 0.3) is 5.70 Å². The van der Waals surface area contributed by atoms with E-state index in [1.54, 1.807) is 0 Å². The Morgan fingerprint density at radius 3 is 2.52 bits per heavy atom. The number of amidine groups is 1. The number of aryl methyl sites for hydroxylation is 1. The molecule has 0 saturated heterocycles. The van der Waals surface area contributed by atoms with Crippen LogP contribution >= 0.6 is 23.4 Å². The van der Waals surface area contributed by atoms with Crippen molar-refractivity contribution in [3.05, 3.63) is 76.3 Å².